The molecule has 0 amide bonds. The van der Waals surface area contributed by atoms with Gasteiger partial charge in [-0.25, -0.2) is 0 Å². The summed E-state index contributed by atoms with van der Waals surface area (Å²) in [6.45, 7) is 2.04. The number of benzene rings is 1. The lowest BCUT2D eigenvalue weighted by molar-refractivity contribution is 0.648. The molecule has 1 aromatic carbocycles. The van der Waals surface area contributed by atoms with Gasteiger partial charge < -0.3 is 16.0 Å². The van der Waals surface area contributed by atoms with Gasteiger partial charge in [0.2, 0.25) is 11.9 Å². The van der Waals surface area contributed by atoms with E-state index in [0.717, 1.165) is 10.0 Å². The van der Waals surface area contributed by atoms with Crippen LogP contribution in [0.5, 0.6) is 0 Å². The van der Waals surface area contributed by atoms with Crippen LogP contribution in [0.1, 0.15) is 11.4 Å². The van der Waals surface area contributed by atoms with Crippen molar-refractivity contribution in [2.45, 2.75) is 12.7 Å². The zero-order valence-electron chi connectivity index (χ0n) is 12.7. The molecule has 2 aromatic rings. The number of aromatic nitrogens is 3. The van der Waals surface area contributed by atoms with Crippen LogP contribution in [0, 0.1) is 6.92 Å². The minimum absolute atomic E-state index is 0.191. The van der Waals surface area contributed by atoms with Gasteiger partial charge in [0.05, 0.1) is 5.75 Å². The fraction of sp³-hybridized carbons (Fsp3) is 0.286. The van der Waals surface area contributed by atoms with Crippen LogP contribution >= 0.6 is 24.0 Å². The maximum Gasteiger partial charge on any atom is 0.232 e. The molecule has 1 aromatic heterocycles. The van der Waals surface area contributed by atoms with Crippen LogP contribution in [-0.2, 0) is 5.75 Å². The smallest absolute Gasteiger partial charge is 0.232 e. The van der Waals surface area contributed by atoms with E-state index in [0.29, 0.717) is 17.5 Å². The fourth-order valence-electron chi connectivity index (χ4n) is 1.58. The first-order chi connectivity index (χ1) is 10.4. The van der Waals surface area contributed by atoms with Crippen LogP contribution in [0.15, 0.2) is 24.3 Å². The number of nitrogens with zero attached hydrogens (tertiary/aromatic N) is 4. The molecule has 0 aliphatic heterocycles. The van der Waals surface area contributed by atoms with E-state index in [1.807, 2.05) is 50.2 Å². The quantitative estimate of drug-likeness (QED) is 0.826. The van der Waals surface area contributed by atoms with Gasteiger partial charge in [0.25, 0.3) is 0 Å². The number of nitrogen functional groups attached to an aromatic ring is 1. The van der Waals surface area contributed by atoms with Crippen LogP contribution in [0.25, 0.3) is 0 Å². The summed E-state index contributed by atoms with van der Waals surface area (Å²) in [6, 6.07) is 7.95. The summed E-state index contributed by atoms with van der Waals surface area (Å²) < 4.78 is 0.770. The Morgan fingerprint density at radius 2 is 1.91 bits per heavy atom. The van der Waals surface area contributed by atoms with Crippen molar-refractivity contribution in [3.63, 3.8) is 0 Å². The SMILES string of the molecule is Cc1ccc(Nc2nc(N)nc(CSC(=S)N(C)C)n2)cc1. The van der Waals surface area contributed by atoms with Crippen molar-refractivity contribution in [1.29, 1.82) is 0 Å². The second-order valence-electron chi connectivity index (χ2n) is 4.87. The van der Waals surface area contributed by atoms with Gasteiger partial charge in [-0.15, -0.1) is 0 Å². The molecule has 0 saturated heterocycles. The third-order valence-corrected chi connectivity index (χ3v) is 4.43. The zero-order chi connectivity index (χ0) is 16.1. The minimum Gasteiger partial charge on any atom is -0.368 e. The van der Waals surface area contributed by atoms with E-state index >= 15 is 0 Å². The van der Waals surface area contributed by atoms with Crippen molar-refractivity contribution < 1.29 is 0 Å². The largest absolute Gasteiger partial charge is 0.368 e. The highest BCUT2D eigenvalue weighted by Gasteiger charge is 2.07. The molecule has 3 N–H and O–H groups in total. The molecule has 116 valence electrons. The van der Waals surface area contributed by atoms with Crippen molar-refractivity contribution in [2.24, 2.45) is 0 Å². The van der Waals surface area contributed by atoms with E-state index in [1.54, 1.807) is 0 Å². The van der Waals surface area contributed by atoms with Crippen molar-refractivity contribution >= 4 is 45.9 Å². The highest BCUT2D eigenvalue weighted by molar-refractivity contribution is 8.22. The Kier molecular flexibility index (Phi) is 5.51. The molecule has 1 heterocycles. The molecule has 6 nitrogen and oxygen atoms in total. The first-order valence-corrected chi connectivity index (χ1v) is 8.01. The Hall–Kier alpha value is -1.93. The lowest BCUT2D eigenvalue weighted by Crippen LogP contribution is -2.16. The van der Waals surface area contributed by atoms with Crippen LogP contribution in [0.3, 0.4) is 0 Å². The van der Waals surface area contributed by atoms with E-state index in [2.05, 4.69) is 20.3 Å². The number of nitrogens with two attached hydrogens (primary N) is 1. The number of aryl methyl sites for hydroxylation is 1. The third kappa shape index (κ3) is 4.81. The van der Waals surface area contributed by atoms with Crippen LogP contribution in [-0.4, -0.2) is 38.3 Å². The summed E-state index contributed by atoms with van der Waals surface area (Å²) in [6.07, 6.45) is 0. The normalized spacial score (nSPS) is 10.3. The van der Waals surface area contributed by atoms with Crippen LogP contribution < -0.4 is 11.1 Å². The number of thiocarbonyl (C=S) groups is 1. The number of thioether (sulfide) groups is 1. The summed E-state index contributed by atoms with van der Waals surface area (Å²) in [4.78, 5) is 14.5. The second-order valence-corrected chi connectivity index (χ2v) is 6.48. The van der Waals surface area contributed by atoms with Gasteiger partial charge in [0.1, 0.15) is 10.1 Å². The van der Waals surface area contributed by atoms with Crippen molar-refractivity contribution in [3.05, 3.63) is 35.7 Å². The minimum atomic E-state index is 0.191. The zero-order valence-corrected chi connectivity index (χ0v) is 14.3. The second kappa shape index (κ2) is 7.37. The molecule has 0 atom stereocenters. The molecule has 0 fully saturated rings. The Balaban J connectivity index is 2.09. The Morgan fingerprint density at radius 3 is 2.55 bits per heavy atom. The van der Waals surface area contributed by atoms with E-state index < -0.39 is 0 Å². The van der Waals surface area contributed by atoms with E-state index in [4.69, 9.17) is 18.0 Å². The van der Waals surface area contributed by atoms with Gasteiger partial charge >= 0.3 is 0 Å². The van der Waals surface area contributed by atoms with Gasteiger partial charge in [-0.3, -0.25) is 0 Å². The molecule has 8 heteroatoms. The topological polar surface area (TPSA) is 80.0 Å². The molecule has 0 spiro atoms. The maximum absolute atomic E-state index is 5.75. The predicted octanol–water partition coefficient (Wildman–Crippen LogP) is 2.59. The Bertz CT molecular complexity index is 657. The van der Waals surface area contributed by atoms with E-state index in [-0.39, 0.29) is 5.95 Å². The molecule has 22 heavy (non-hydrogen) atoms. The number of hydrogen-bond donors (Lipinski definition) is 2. The average molecular weight is 334 g/mol. The Labute approximate surface area is 139 Å². The van der Waals surface area contributed by atoms with E-state index in [1.165, 1.54) is 17.3 Å². The van der Waals surface area contributed by atoms with Gasteiger partial charge in [0, 0.05) is 19.8 Å². The van der Waals surface area contributed by atoms with E-state index in [9.17, 15) is 0 Å². The summed E-state index contributed by atoms with van der Waals surface area (Å²) in [7, 11) is 3.81. The molecular weight excluding hydrogens is 316 g/mol. The molecule has 2 rings (SSSR count). The third-order valence-electron chi connectivity index (χ3n) is 2.70. The van der Waals surface area contributed by atoms with Crippen molar-refractivity contribution in [2.75, 3.05) is 25.1 Å². The van der Waals surface area contributed by atoms with Gasteiger partial charge in [0.15, 0.2) is 0 Å². The highest BCUT2D eigenvalue weighted by Crippen LogP contribution is 2.17. The van der Waals surface area contributed by atoms with Gasteiger partial charge in [-0.1, -0.05) is 41.7 Å². The van der Waals surface area contributed by atoms with Gasteiger partial charge in [-0.2, -0.15) is 15.0 Å². The first kappa shape index (κ1) is 16.4. The molecule has 0 unspecified atom stereocenters. The average Bonchev–Trinajstić information content (AvgIpc) is 2.46. The molecule has 0 bridgehead atoms. The summed E-state index contributed by atoms with van der Waals surface area (Å²) in [5, 5.41) is 3.13. The molecular formula is C14H18N6S2. The van der Waals surface area contributed by atoms with Crippen molar-refractivity contribution in [1.82, 2.24) is 19.9 Å². The number of nitrogens with one attached hydrogen (secondary N) is 1. The summed E-state index contributed by atoms with van der Waals surface area (Å²) in [5.74, 6) is 1.77. The molecule has 0 radical (unpaired) electrons. The number of anilines is 3. The molecule has 0 saturated carbocycles. The highest BCUT2D eigenvalue weighted by atomic mass is 32.2. The lowest BCUT2D eigenvalue weighted by atomic mass is 10.2. The fourth-order valence-corrected chi connectivity index (χ4v) is 2.40. The number of rotatable bonds is 4. The predicted molar refractivity (Wildman–Crippen MR) is 96.3 cm³/mol. The summed E-state index contributed by atoms with van der Waals surface area (Å²) >= 11 is 6.72. The van der Waals surface area contributed by atoms with Crippen LogP contribution in [0.4, 0.5) is 17.6 Å². The molecule has 0 aliphatic carbocycles. The standard InChI is InChI=1S/C14H18N6S2/c1-9-4-6-10(7-5-9)16-13-18-11(17-12(15)19-13)8-22-14(21)20(2)3/h4-7H,8H2,1-3H3,(H3,15,16,17,18,19). The maximum atomic E-state index is 5.75. The molecule has 0 aliphatic rings. The monoisotopic (exact) mass is 334 g/mol. The van der Waals surface area contributed by atoms with Gasteiger partial charge in [-0.05, 0) is 19.1 Å². The summed E-state index contributed by atoms with van der Waals surface area (Å²) in [5.41, 5.74) is 7.84. The number of hydrogen-bond acceptors (Lipinski definition) is 7. The Morgan fingerprint density at radius 1 is 1.23 bits per heavy atom. The lowest BCUT2D eigenvalue weighted by Gasteiger charge is -2.12. The first-order valence-electron chi connectivity index (χ1n) is 6.62. The van der Waals surface area contributed by atoms with Crippen LogP contribution in [0.2, 0.25) is 0 Å². The van der Waals surface area contributed by atoms with Crippen molar-refractivity contribution in [3.8, 4) is 0 Å².